The number of carbonyl (C=O) groups is 8. The number of hydrogen-bond donors (Lipinski definition) is 0. The lowest BCUT2D eigenvalue weighted by Gasteiger charge is -2.20. The van der Waals surface area contributed by atoms with E-state index in [1.807, 2.05) is 0 Å². The van der Waals surface area contributed by atoms with Crippen molar-refractivity contribution in [3.63, 3.8) is 0 Å². The molecule has 4 aromatic rings. The Bertz CT molecular complexity index is 2240. The second-order valence-electron chi connectivity index (χ2n) is 14.1. The van der Waals surface area contributed by atoms with Gasteiger partial charge in [0.05, 0.1) is 74.6 Å². The number of carbonyl (C=O) groups excluding carboxylic acids is 8. The van der Waals surface area contributed by atoms with Crippen molar-refractivity contribution in [1.82, 2.24) is 24.8 Å². The third-order valence-electron chi connectivity index (χ3n) is 8.79. The van der Waals surface area contributed by atoms with Gasteiger partial charge in [0.2, 0.25) is 27.2 Å². The summed E-state index contributed by atoms with van der Waals surface area (Å²) in [5, 5.41) is 0. The molecule has 0 bridgehead atoms. The Morgan fingerprint density at radius 1 is 0.441 bits per heavy atom. The van der Waals surface area contributed by atoms with E-state index in [2.05, 4.69) is 18.9 Å². The quantitative estimate of drug-likeness (QED) is 0.0525. The van der Waals surface area contributed by atoms with Gasteiger partial charge in [0.15, 0.2) is 0 Å². The molecule has 0 aliphatic heterocycles. The molecule has 68 heavy (non-hydrogen) atoms. The van der Waals surface area contributed by atoms with Gasteiger partial charge in [-0.05, 0) is 54.1 Å². The molecule has 0 aliphatic carbocycles. The van der Waals surface area contributed by atoms with Gasteiger partial charge in [-0.3, -0.25) is 48.2 Å². The van der Waals surface area contributed by atoms with Crippen molar-refractivity contribution < 1.29 is 85.7 Å². The number of methoxy groups -OCH3 is 2. The van der Waals surface area contributed by atoms with Crippen LogP contribution in [-0.2, 0) is 89.3 Å². The molecule has 0 atom stereocenters. The molecule has 3 aromatic heterocycles. The number of esters is 8. The molecule has 23 nitrogen and oxygen atoms in total. The summed E-state index contributed by atoms with van der Waals surface area (Å²) in [7, 11) is 3.03. The van der Waals surface area contributed by atoms with E-state index in [9.17, 15) is 38.4 Å². The van der Waals surface area contributed by atoms with Crippen LogP contribution in [0.1, 0.15) is 39.1 Å². The predicted molar refractivity (Wildman–Crippen MR) is 231 cm³/mol. The van der Waals surface area contributed by atoms with Crippen LogP contribution in [0.3, 0.4) is 0 Å². The molecular formula is C45H49N5O18. The van der Waals surface area contributed by atoms with Crippen molar-refractivity contribution in [2.75, 3.05) is 67.6 Å². The minimum absolute atomic E-state index is 0.104. The standard InChI is InChI=1S/C45H49N5O18/c1-28(51)61-24-65-42(55)20-49(21-43(56)66-25-62-29(2)52)18-33-9-7-11-37(46-33)39-15-32(36-14-13-35(59-5)17-41(36)60-6)16-40(48-39)38-12-8-10-34(47-38)19-50(22-44(57)67-26-63-30(3)53)23-45(58)68-27-64-31(4)54/h7-17H,18-27H2,1-6H3. The smallest absolute Gasteiger partial charge is 0.323 e. The topological polar surface area (TPSA) is 274 Å². The zero-order valence-corrected chi connectivity index (χ0v) is 38.0. The highest BCUT2D eigenvalue weighted by Crippen LogP contribution is 2.36. The van der Waals surface area contributed by atoms with Crippen molar-refractivity contribution in [2.45, 2.75) is 40.8 Å². The van der Waals surface area contributed by atoms with Crippen LogP contribution in [0.25, 0.3) is 33.9 Å². The number of nitrogens with zero attached hydrogens (tertiary/aromatic N) is 5. The van der Waals surface area contributed by atoms with E-state index < -0.39 is 101 Å². The largest absolute Gasteiger partial charge is 0.497 e. The van der Waals surface area contributed by atoms with Gasteiger partial charge in [-0.25, -0.2) is 15.0 Å². The molecule has 0 radical (unpaired) electrons. The van der Waals surface area contributed by atoms with Gasteiger partial charge in [0.1, 0.15) is 11.5 Å². The molecule has 0 unspecified atom stereocenters. The molecule has 0 saturated carbocycles. The first-order chi connectivity index (χ1) is 32.5. The number of hydrogen-bond acceptors (Lipinski definition) is 23. The third kappa shape index (κ3) is 18.4. The van der Waals surface area contributed by atoms with Crippen molar-refractivity contribution in [3.05, 3.63) is 78.1 Å². The fourth-order valence-corrected chi connectivity index (χ4v) is 5.83. The van der Waals surface area contributed by atoms with Crippen LogP contribution in [0.4, 0.5) is 0 Å². The second-order valence-corrected chi connectivity index (χ2v) is 14.1. The minimum atomic E-state index is -0.834. The summed E-state index contributed by atoms with van der Waals surface area (Å²) in [5.41, 5.74) is 3.42. The highest BCUT2D eigenvalue weighted by molar-refractivity contribution is 5.79. The lowest BCUT2D eigenvalue weighted by molar-refractivity contribution is -0.171. The van der Waals surface area contributed by atoms with Crippen molar-refractivity contribution in [1.29, 1.82) is 0 Å². The Labute approximate surface area is 389 Å². The fraction of sp³-hybridized carbons (Fsp3) is 0.356. The van der Waals surface area contributed by atoms with Crippen LogP contribution in [0.2, 0.25) is 0 Å². The maximum absolute atomic E-state index is 12.7. The Kier molecular flexibility index (Phi) is 20.7. The van der Waals surface area contributed by atoms with Crippen LogP contribution in [0.5, 0.6) is 11.5 Å². The van der Waals surface area contributed by atoms with E-state index in [0.29, 0.717) is 56.8 Å². The van der Waals surface area contributed by atoms with Crippen molar-refractivity contribution >= 4 is 47.8 Å². The molecular weight excluding hydrogens is 899 g/mol. The summed E-state index contributed by atoms with van der Waals surface area (Å²) in [4.78, 5) is 113. The average molecular weight is 948 g/mol. The summed E-state index contributed by atoms with van der Waals surface area (Å²) in [6.45, 7) is -0.0766. The van der Waals surface area contributed by atoms with E-state index in [0.717, 1.165) is 27.7 Å². The number of ether oxygens (including phenoxy) is 10. The Hall–Kier alpha value is -8.05. The van der Waals surface area contributed by atoms with Gasteiger partial charge < -0.3 is 47.4 Å². The molecule has 0 spiro atoms. The van der Waals surface area contributed by atoms with Crippen LogP contribution in [-0.4, -0.2) is 140 Å². The molecule has 362 valence electrons. The van der Waals surface area contributed by atoms with Gasteiger partial charge in [0.25, 0.3) is 0 Å². The van der Waals surface area contributed by atoms with Gasteiger partial charge in [-0.15, -0.1) is 0 Å². The molecule has 0 aliphatic rings. The summed E-state index contributed by atoms with van der Waals surface area (Å²) in [5.74, 6) is -5.03. The van der Waals surface area contributed by atoms with E-state index >= 15 is 0 Å². The highest BCUT2D eigenvalue weighted by Gasteiger charge is 2.22. The van der Waals surface area contributed by atoms with Crippen LogP contribution >= 0.6 is 0 Å². The third-order valence-corrected chi connectivity index (χ3v) is 8.79. The summed E-state index contributed by atoms with van der Waals surface area (Å²) in [6.07, 6.45) is 0. The Morgan fingerprint density at radius 2 is 0.824 bits per heavy atom. The lowest BCUT2D eigenvalue weighted by atomic mass is 10.0. The Balaban J connectivity index is 1.73. The molecule has 4 rings (SSSR count). The maximum Gasteiger partial charge on any atom is 0.323 e. The zero-order valence-electron chi connectivity index (χ0n) is 38.0. The zero-order chi connectivity index (χ0) is 49.6. The summed E-state index contributed by atoms with van der Waals surface area (Å²) < 4.78 is 49.9. The number of rotatable bonds is 25. The monoisotopic (exact) mass is 947 g/mol. The van der Waals surface area contributed by atoms with Gasteiger partial charge in [-0.2, -0.15) is 0 Å². The number of aromatic nitrogens is 3. The van der Waals surface area contributed by atoms with Crippen molar-refractivity contribution in [3.8, 4) is 45.4 Å². The molecule has 0 fully saturated rings. The first-order valence-corrected chi connectivity index (χ1v) is 20.3. The van der Waals surface area contributed by atoms with Crippen LogP contribution in [0.15, 0.2) is 66.7 Å². The molecule has 0 amide bonds. The Morgan fingerprint density at radius 3 is 1.16 bits per heavy atom. The van der Waals surface area contributed by atoms with Crippen LogP contribution in [0, 0.1) is 0 Å². The molecule has 0 saturated heterocycles. The SMILES string of the molecule is COc1ccc(-c2cc(-c3cccc(CN(CC(=O)OCOC(C)=O)CC(=O)OCOC(C)=O)n3)nc(-c3cccc(CN(CC(=O)OCOC(C)=O)CC(=O)OCOC(C)=O)n3)c2)c(OC)c1. The van der Waals surface area contributed by atoms with E-state index in [4.69, 9.17) is 43.4 Å². The molecule has 0 N–H and O–H groups in total. The lowest BCUT2D eigenvalue weighted by Crippen LogP contribution is -2.36. The molecule has 3 heterocycles. The summed E-state index contributed by atoms with van der Waals surface area (Å²) >= 11 is 0. The molecule has 23 heteroatoms. The predicted octanol–water partition coefficient (Wildman–Crippen LogP) is 2.75. The van der Waals surface area contributed by atoms with Gasteiger partial charge in [-0.1, -0.05) is 12.1 Å². The van der Waals surface area contributed by atoms with Gasteiger partial charge >= 0.3 is 47.8 Å². The summed E-state index contributed by atoms with van der Waals surface area (Å²) in [6, 6.07) is 18.9. The number of pyridine rings is 3. The first-order valence-electron chi connectivity index (χ1n) is 20.3. The van der Waals surface area contributed by atoms with Gasteiger partial charge in [0, 0.05) is 52.4 Å². The van der Waals surface area contributed by atoms with E-state index in [-0.39, 0.29) is 13.1 Å². The van der Waals surface area contributed by atoms with E-state index in [1.165, 1.54) is 24.0 Å². The minimum Gasteiger partial charge on any atom is -0.497 e. The fourth-order valence-electron chi connectivity index (χ4n) is 5.83. The average Bonchev–Trinajstić information content (AvgIpc) is 3.28. The molecule has 1 aromatic carbocycles. The highest BCUT2D eigenvalue weighted by atomic mass is 16.7. The van der Waals surface area contributed by atoms with E-state index in [1.54, 1.807) is 66.7 Å². The number of benzene rings is 1. The first kappa shape index (κ1) is 52.6. The normalized spacial score (nSPS) is 10.6. The van der Waals surface area contributed by atoms with Crippen LogP contribution < -0.4 is 9.47 Å². The maximum atomic E-state index is 12.7. The van der Waals surface area contributed by atoms with Crippen molar-refractivity contribution in [2.24, 2.45) is 0 Å². The second kappa shape index (κ2) is 26.8.